The Morgan fingerprint density at radius 1 is 1.45 bits per heavy atom. The first-order valence-electron chi connectivity index (χ1n) is 5.73. The maximum absolute atomic E-state index is 11.4. The molecule has 0 fully saturated rings. The van der Waals surface area contributed by atoms with Gasteiger partial charge in [0.05, 0.1) is 10.7 Å². The highest BCUT2D eigenvalue weighted by atomic mass is 32.2. The Kier molecular flexibility index (Phi) is 5.61. The number of anilines is 2. The first-order valence-corrected chi connectivity index (χ1v) is 7.38. The third kappa shape index (κ3) is 4.60. The lowest BCUT2D eigenvalue weighted by atomic mass is 10.3. The number of sulfonamides is 1. The number of hydrogen-bond acceptors (Lipinski definition) is 8. The standard InChI is InChI=1S/C9H16N6O4S/c1-2-12-20(18,19)6-5-11-9-7(15(16)17)3-4-8(13-9)14-10/h3-4,12H,2,5-6,10H2,1H3,(H2,11,13,14). The van der Waals surface area contributed by atoms with E-state index in [-0.39, 0.29) is 36.2 Å². The zero-order chi connectivity index (χ0) is 15.2. The third-order valence-corrected chi connectivity index (χ3v) is 3.72. The average Bonchev–Trinajstić information content (AvgIpc) is 2.37. The number of nitrogen functional groups attached to an aromatic ring is 1. The topological polar surface area (TPSA) is 152 Å². The van der Waals surface area contributed by atoms with Crippen molar-refractivity contribution < 1.29 is 13.3 Å². The van der Waals surface area contributed by atoms with Gasteiger partial charge in [-0.05, 0) is 6.07 Å². The molecular formula is C9H16N6O4S. The van der Waals surface area contributed by atoms with E-state index < -0.39 is 14.9 Å². The van der Waals surface area contributed by atoms with Crippen molar-refractivity contribution in [3.05, 3.63) is 22.2 Å². The second kappa shape index (κ2) is 6.98. The van der Waals surface area contributed by atoms with Gasteiger partial charge in [-0.3, -0.25) is 10.1 Å². The van der Waals surface area contributed by atoms with Crippen molar-refractivity contribution in [2.45, 2.75) is 6.92 Å². The van der Waals surface area contributed by atoms with Gasteiger partial charge in [-0.2, -0.15) is 0 Å². The average molecular weight is 304 g/mol. The van der Waals surface area contributed by atoms with Crippen LogP contribution in [0, 0.1) is 10.1 Å². The molecular weight excluding hydrogens is 288 g/mol. The van der Waals surface area contributed by atoms with Gasteiger partial charge in [0.15, 0.2) is 0 Å². The Labute approximate surface area is 115 Å². The van der Waals surface area contributed by atoms with Gasteiger partial charge in [0.25, 0.3) is 0 Å². The number of nitrogens with zero attached hydrogens (tertiary/aromatic N) is 2. The number of rotatable bonds is 8. The van der Waals surface area contributed by atoms with Crippen LogP contribution < -0.4 is 21.3 Å². The zero-order valence-electron chi connectivity index (χ0n) is 10.8. The van der Waals surface area contributed by atoms with E-state index in [0.29, 0.717) is 0 Å². The third-order valence-electron chi connectivity index (χ3n) is 2.25. The summed E-state index contributed by atoms with van der Waals surface area (Å²) in [7, 11) is -3.40. The summed E-state index contributed by atoms with van der Waals surface area (Å²) in [6.45, 7) is 1.93. The summed E-state index contributed by atoms with van der Waals surface area (Å²) in [5.74, 6) is 5.13. The first kappa shape index (κ1) is 16.1. The largest absolute Gasteiger partial charge is 0.363 e. The van der Waals surface area contributed by atoms with Gasteiger partial charge < -0.3 is 10.7 Å². The molecule has 1 heterocycles. The van der Waals surface area contributed by atoms with Crippen molar-refractivity contribution in [3.8, 4) is 0 Å². The lowest BCUT2D eigenvalue weighted by Crippen LogP contribution is -2.29. The molecule has 1 aromatic heterocycles. The molecule has 20 heavy (non-hydrogen) atoms. The van der Waals surface area contributed by atoms with Crippen LogP contribution in [-0.2, 0) is 10.0 Å². The van der Waals surface area contributed by atoms with Crippen LogP contribution in [0.3, 0.4) is 0 Å². The Morgan fingerprint density at radius 2 is 2.15 bits per heavy atom. The molecule has 5 N–H and O–H groups in total. The molecule has 11 heteroatoms. The molecule has 1 rings (SSSR count). The fourth-order valence-corrected chi connectivity index (χ4v) is 2.36. The fraction of sp³-hybridized carbons (Fsp3) is 0.444. The van der Waals surface area contributed by atoms with E-state index in [1.54, 1.807) is 6.92 Å². The second-order valence-electron chi connectivity index (χ2n) is 3.71. The lowest BCUT2D eigenvalue weighted by Gasteiger charge is -2.08. The lowest BCUT2D eigenvalue weighted by molar-refractivity contribution is -0.384. The maximum Gasteiger partial charge on any atom is 0.311 e. The van der Waals surface area contributed by atoms with Gasteiger partial charge in [-0.25, -0.2) is 24.0 Å². The molecule has 0 amide bonds. The highest BCUT2D eigenvalue weighted by Crippen LogP contribution is 2.23. The van der Waals surface area contributed by atoms with Crippen molar-refractivity contribution in [1.29, 1.82) is 0 Å². The Morgan fingerprint density at radius 3 is 2.70 bits per heavy atom. The summed E-state index contributed by atoms with van der Waals surface area (Å²) in [4.78, 5) is 14.1. The molecule has 0 radical (unpaired) electrons. The molecule has 0 saturated heterocycles. The molecule has 0 aliphatic carbocycles. The minimum Gasteiger partial charge on any atom is -0.363 e. The number of nitro groups is 1. The second-order valence-corrected chi connectivity index (χ2v) is 5.64. The van der Waals surface area contributed by atoms with Crippen LogP contribution in [0.25, 0.3) is 0 Å². The van der Waals surface area contributed by atoms with E-state index in [1.165, 1.54) is 12.1 Å². The van der Waals surface area contributed by atoms with Crippen molar-refractivity contribution >= 4 is 27.3 Å². The van der Waals surface area contributed by atoms with E-state index in [2.05, 4.69) is 20.4 Å². The molecule has 0 bridgehead atoms. The maximum atomic E-state index is 11.4. The number of nitrogens with one attached hydrogen (secondary N) is 3. The Bertz CT molecular complexity index is 576. The number of nitrogens with two attached hydrogens (primary N) is 1. The smallest absolute Gasteiger partial charge is 0.311 e. The van der Waals surface area contributed by atoms with Crippen LogP contribution in [0.4, 0.5) is 17.3 Å². The van der Waals surface area contributed by atoms with Crippen molar-refractivity contribution in [1.82, 2.24) is 9.71 Å². The van der Waals surface area contributed by atoms with E-state index in [1.807, 2.05) is 0 Å². The molecule has 10 nitrogen and oxygen atoms in total. The van der Waals surface area contributed by atoms with Gasteiger partial charge in [0, 0.05) is 19.2 Å². The van der Waals surface area contributed by atoms with Crippen molar-refractivity contribution in [2.75, 3.05) is 29.6 Å². The van der Waals surface area contributed by atoms with Gasteiger partial charge in [-0.15, -0.1) is 0 Å². The number of aromatic nitrogens is 1. The highest BCUT2D eigenvalue weighted by Gasteiger charge is 2.16. The summed E-state index contributed by atoms with van der Waals surface area (Å²) in [5, 5.41) is 13.4. The van der Waals surface area contributed by atoms with Gasteiger partial charge in [0.1, 0.15) is 5.82 Å². The molecule has 0 unspecified atom stereocenters. The summed E-state index contributed by atoms with van der Waals surface area (Å²) >= 11 is 0. The first-order chi connectivity index (χ1) is 9.39. The van der Waals surface area contributed by atoms with Crippen LogP contribution in [0.1, 0.15) is 6.92 Å². The summed E-state index contributed by atoms with van der Waals surface area (Å²) in [5.41, 5.74) is 2.00. The van der Waals surface area contributed by atoms with Crippen molar-refractivity contribution in [3.63, 3.8) is 0 Å². The minimum atomic E-state index is -3.40. The van der Waals surface area contributed by atoms with Gasteiger partial charge in [-0.1, -0.05) is 6.92 Å². The predicted octanol–water partition coefficient (Wildman–Crippen LogP) is -0.373. The van der Waals surface area contributed by atoms with E-state index >= 15 is 0 Å². The van der Waals surface area contributed by atoms with Crippen LogP contribution in [0.5, 0.6) is 0 Å². The molecule has 0 aromatic carbocycles. The molecule has 1 aromatic rings. The van der Waals surface area contributed by atoms with Crippen LogP contribution in [0.15, 0.2) is 12.1 Å². The van der Waals surface area contributed by atoms with Crippen LogP contribution in [0.2, 0.25) is 0 Å². The highest BCUT2D eigenvalue weighted by molar-refractivity contribution is 7.89. The molecule has 0 aliphatic rings. The fourth-order valence-electron chi connectivity index (χ4n) is 1.41. The SMILES string of the molecule is CCNS(=O)(=O)CCNc1nc(NN)ccc1[N+](=O)[O-]. The van der Waals surface area contributed by atoms with Crippen molar-refractivity contribution in [2.24, 2.45) is 5.84 Å². The van der Waals surface area contributed by atoms with Crippen LogP contribution in [-0.4, -0.2) is 37.2 Å². The minimum absolute atomic E-state index is 0.0167. The van der Waals surface area contributed by atoms with Gasteiger partial charge >= 0.3 is 5.69 Å². The molecule has 0 atom stereocenters. The Balaban J connectivity index is 2.78. The van der Waals surface area contributed by atoms with E-state index in [4.69, 9.17) is 5.84 Å². The monoisotopic (exact) mass is 304 g/mol. The molecule has 0 spiro atoms. The summed E-state index contributed by atoms with van der Waals surface area (Å²) in [6.07, 6.45) is 0. The molecule has 112 valence electrons. The Hall–Kier alpha value is -1.98. The quantitative estimate of drug-likeness (QED) is 0.288. The van der Waals surface area contributed by atoms with Crippen LogP contribution >= 0.6 is 0 Å². The molecule has 0 saturated carbocycles. The number of hydrazine groups is 1. The number of hydrogen-bond donors (Lipinski definition) is 4. The predicted molar refractivity (Wildman–Crippen MR) is 74.7 cm³/mol. The zero-order valence-corrected chi connectivity index (χ0v) is 11.6. The van der Waals surface area contributed by atoms with E-state index in [9.17, 15) is 18.5 Å². The normalized spacial score (nSPS) is 11.1. The van der Waals surface area contributed by atoms with Gasteiger partial charge in [0.2, 0.25) is 15.8 Å². The summed E-state index contributed by atoms with van der Waals surface area (Å²) in [6, 6.07) is 2.57. The number of pyridine rings is 1. The molecule has 0 aliphatic heterocycles. The summed E-state index contributed by atoms with van der Waals surface area (Å²) < 4.78 is 25.2. The van der Waals surface area contributed by atoms with E-state index in [0.717, 1.165) is 0 Å².